The summed E-state index contributed by atoms with van der Waals surface area (Å²) < 4.78 is 75.4. The fourth-order valence-electron chi connectivity index (χ4n) is 3.40. The Balaban J connectivity index is 2.23. The van der Waals surface area contributed by atoms with Crippen LogP contribution in [-0.4, -0.2) is 34.3 Å². The second-order valence-corrected chi connectivity index (χ2v) is 5.55. The first kappa shape index (κ1) is 14.9. The van der Waals surface area contributed by atoms with Crippen LogP contribution in [0.5, 0.6) is 0 Å². The second kappa shape index (κ2) is 4.25. The largest absolute Gasteiger partial charge is 0.426 e. The topological polar surface area (TPSA) is 40.5 Å². The first-order valence-corrected chi connectivity index (χ1v) is 6.01. The Morgan fingerprint density at radius 1 is 0.895 bits per heavy atom. The van der Waals surface area contributed by atoms with Gasteiger partial charge in [0.25, 0.3) is 5.60 Å². The van der Waals surface area contributed by atoms with Crippen molar-refractivity contribution in [3.8, 4) is 0 Å². The van der Waals surface area contributed by atoms with Crippen molar-refractivity contribution in [3.05, 3.63) is 0 Å². The maximum absolute atomic E-state index is 12.6. The predicted molar refractivity (Wildman–Crippen MR) is 52.0 cm³/mol. The van der Waals surface area contributed by atoms with E-state index >= 15 is 0 Å². The normalized spacial score (nSPS) is 36.0. The van der Waals surface area contributed by atoms with Crippen LogP contribution in [0, 0.1) is 17.8 Å². The smallest absolute Gasteiger partial charge is 0.393 e. The molecule has 2 aliphatic carbocycles. The Bertz CT molecular complexity index is 334. The van der Waals surface area contributed by atoms with Crippen LogP contribution in [0.25, 0.3) is 0 Å². The molecule has 0 aromatic heterocycles. The molecule has 4 unspecified atom stereocenters. The minimum atomic E-state index is -5.80. The van der Waals surface area contributed by atoms with Gasteiger partial charge >= 0.3 is 12.4 Å². The molecular formula is C11H14F6O2. The van der Waals surface area contributed by atoms with Crippen LogP contribution in [0.1, 0.15) is 25.7 Å². The molecule has 2 rings (SSSR count). The minimum absolute atomic E-state index is 0.235. The monoisotopic (exact) mass is 292 g/mol. The van der Waals surface area contributed by atoms with E-state index < -0.39 is 36.4 Å². The van der Waals surface area contributed by atoms with Gasteiger partial charge in [-0.05, 0) is 43.4 Å². The highest BCUT2D eigenvalue weighted by Gasteiger charge is 2.71. The van der Waals surface area contributed by atoms with Crippen LogP contribution in [0.3, 0.4) is 0 Å². The Morgan fingerprint density at radius 2 is 1.37 bits per heavy atom. The van der Waals surface area contributed by atoms with E-state index in [1.165, 1.54) is 0 Å². The van der Waals surface area contributed by atoms with Gasteiger partial charge < -0.3 is 10.2 Å². The lowest BCUT2D eigenvalue weighted by Crippen LogP contribution is -2.58. The molecule has 0 saturated heterocycles. The second-order valence-electron chi connectivity index (χ2n) is 5.55. The van der Waals surface area contributed by atoms with E-state index in [-0.39, 0.29) is 11.8 Å². The molecule has 2 bridgehead atoms. The molecule has 2 fully saturated rings. The maximum atomic E-state index is 12.6. The summed E-state index contributed by atoms with van der Waals surface area (Å²) in [5.74, 6) is -1.75. The van der Waals surface area contributed by atoms with Crippen molar-refractivity contribution < 1.29 is 36.6 Å². The number of hydrogen-bond donors (Lipinski definition) is 2. The molecule has 2 nitrogen and oxygen atoms in total. The Kier molecular flexibility index (Phi) is 3.33. The third kappa shape index (κ3) is 2.22. The quantitative estimate of drug-likeness (QED) is 0.768. The van der Waals surface area contributed by atoms with E-state index in [0.29, 0.717) is 19.3 Å². The Hall–Kier alpha value is -0.500. The van der Waals surface area contributed by atoms with Crippen molar-refractivity contribution >= 4 is 0 Å². The van der Waals surface area contributed by atoms with Crippen molar-refractivity contribution in [1.29, 1.82) is 0 Å². The number of aliphatic hydroxyl groups is 2. The lowest BCUT2D eigenvalue weighted by atomic mass is 9.78. The van der Waals surface area contributed by atoms with Gasteiger partial charge in [0, 0.05) is 0 Å². The number of aliphatic hydroxyl groups excluding tert-OH is 1. The van der Waals surface area contributed by atoms with Crippen LogP contribution >= 0.6 is 0 Å². The summed E-state index contributed by atoms with van der Waals surface area (Å²) in [4.78, 5) is 0. The molecule has 0 aliphatic heterocycles. The zero-order valence-electron chi connectivity index (χ0n) is 9.80. The predicted octanol–water partition coefficient (Wildman–Crippen LogP) is 2.64. The first-order valence-electron chi connectivity index (χ1n) is 6.01. The molecule has 0 radical (unpaired) electrons. The summed E-state index contributed by atoms with van der Waals surface area (Å²) in [5.41, 5.74) is -4.74. The molecule has 0 amide bonds. The van der Waals surface area contributed by atoms with Crippen molar-refractivity contribution in [2.45, 2.75) is 49.7 Å². The van der Waals surface area contributed by atoms with Gasteiger partial charge in [-0.2, -0.15) is 26.3 Å². The van der Waals surface area contributed by atoms with Crippen LogP contribution in [0.2, 0.25) is 0 Å². The summed E-state index contributed by atoms with van der Waals surface area (Å²) in [6.45, 7) is 0. The van der Waals surface area contributed by atoms with E-state index in [4.69, 9.17) is 5.11 Å². The van der Waals surface area contributed by atoms with E-state index in [0.717, 1.165) is 0 Å². The molecule has 2 aliphatic rings. The highest BCUT2D eigenvalue weighted by Crippen LogP contribution is 2.55. The molecule has 112 valence electrons. The zero-order chi connectivity index (χ0) is 14.6. The van der Waals surface area contributed by atoms with Crippen LogP contribution < -0.4 is 0 Å². The molecule has 0 heterocycles. The average molecular weight is 292 g/mol. The fraction of sp³-hybridized carbons (Fsp3) is 1.00. The van der Waals surface area contributed by atoms with Gasteiger partial charge in [-0.1, -0.05) is 0 Å². The molecule has 0 spiro atoms. The van der Waals surface area contributed by atoms with E-state index in [2.05, 4.69) is 0 Å². The van der Waals surface area contributed by atoms with Crippen molar-refractivity contribution in [2.24, 2.45) is 17.8 Å². The van der Waals surface area contributed by atoms with Gasteiger partial charge in [-0.3, -0.25) is 0 Å². The van der Waals surface area contributed by atoms with Crippen molar-refractivity contribution in [3.63, 3.8) is 0 Å². The number of rotatable bonds is 2. The Morgan fingerprint density at radius 3 is 1.74 bits per heavy atom. The van der Waals surface area contributed by atoms with E-state index in [9.17, 15) is 31.4 Å². The van der Waals surface area contributed by atoms with E-state index in [1.807, 2.05) is 0 Å². The maximum Gasteiger partial charge on any atom is 0.426 e. The lowest BCUT2D eigenvalue weighted by molar-refractivity contribution is -0.374. The molecule has 2 saturated carbocycles. The number of halogens is 6. The highest BCUT2D eigenvalue weighted by molar-refractivity contribution is 5.03. The number of fused-ring (bicyclic) bond motifs is 2. The molecule has 8 heteroatoms. The van der Waals surface area contributed by atoms with Gasteiger partial charge in [0.1, 0.15) is 0 Å². The van der Waals surface area contributed by atoms with Crippen LogP contribution in [-0.2, 0) is 0 Å². The van der Waals surface area contributed by atoms with Crippen molar-refractivity contribution in [1.82, 2.24) is 0 Å². The summed E-state index contributed by atoms with van der Waals surface area (Å²) in [6, 6.07) is 0. The van der Waals surface area contributed by atoms with E-state index in [1.54, 1.807) is 0 Å². The van der Waals surface area contributed by atoms with Gasteiger partial charge in [-0.25, -0.2) is 0 Å². The standard InChI is InChI=1S/C11H14F6O2/c12-10(13,14)9(19,11(15,16)17)4-7-5-1-2-6(3-5)8(7)18/h5-8,18-19H,1-4H2. The van der Waals surface area contributed by atoms with Crippen molar-refractivity contribution in [2.75, 3.05) is 0 Å². The third-order valence-corrected chi connectivity index (χ3v) is 4.51. The molecule has 2 N–H and O–H groups in total. The van der Waals surface area contributed by atoms with Crippen LogP contribution in [0.15, 0.2) is 0 Å². The summed E-state index contributed by atoms with van der Waals surface area (Å²) in [5, 5.41) is 18.9. The SMILES string of the molecule is OC1C2CCC(C2)C1CC(O)(C(F)(F)F)C(F)(F)F. The molecule has 4 atom stereocenters. The van der Waals surface area contributed by atoms with Gasteiger partial charge in [0.05, 0.1) is 6.10 Å². The van der Waals surface area contributed by atoms with Crippen LogP contribution in [0.4, 0.5) is 26.3 Å². The third-order valence-electron chi connectivity index (χ3n) is 4.51. The minimum Gasteiger partial charge on any atom is -0.393 e. The molecule has 19 heavy (non-hydrogen) atoms. The fourth-order valence-corrected chi connectivity index (χ4v) is 3.40. The zero-order valence-corrected chi connectivity index (χ0v) is 9.80. The number of alkyl halides is 6. The van der Waals surface area contributed by atoms with Gasteiger partial charge in [0.2, 0.25) is 0 Å². The molecular weight excluding hydrogens is 278 g/mol. The summed E-state index contributed by atoms with van der Waals surface area (Å²) in [7, 11) is 0. The lowest BCUT2D eigenvalue weighted by Gasteiger charge is -2.37. The average Bonchev–Trinajstić information content (AvgIpc) is 2.78. The Labute approximate surface area is 105 Å². The van der Waals surface area contributed by atoms with Gasteiger partial charge in [-0.15, -0.1) is 0 Å². The summed E-state index contributed by atoms with van der Waals surface area (Å²) in [6.07, 6.45) is -12.7. The summed E-state index contributed by atoms with van der Waals surface area (Å²) >= 11 is 0. The number of hydrogen-bond acceptors (Lipinski definition) is 2. The van der Waals surface area contributed by atoms with Gasteiger partial charge in [0.15, 0.2) is 0 Å². The molecule has 0 aromatic rings. The first-order chi connectivity index (χ1) is 8.47. The highest BCUT2D eigenvalue weighted by atomic mass is 19.4. The molecule has 0 aromatic carbocycles.